The molecule has 1 aromatic rings. The number of hydrogen-bond donors (Lipinski definition) is 1. The van der Waals surface area contributed by atoms with E-state index in [4.69, 9.17) is 11.6 Å². The van der Waals surface area contributed by atoms with E-state index >= 15 is 0 Å². The van der Waals surface area contributed by atoms with E-state index in [0.717, 1.165) is 11.3 Å². The molecule has 0 radical (unpaired) electrons. The highest BCUT2D eigenvalue weighted by Crippen LogP contribution is 2.24. The van der Waals surface area contributed by atoms with Gasteiger partial charge in [0.05, 0.1) is 5.69 Å². The predicted molar refractivity (Wildman–Crippen MR) is 56.3 cm³/mol. The fourth-order valence-electron chi connectivity index (χ4n) is 1.52. The Morgan fingerprint density at radius 3 is 2.93 bits per heavy atom. The van der Waals surface area contributed by atoms with Crippen molar-refractivity contribution >= 4 is 23.2 Å². The molecule has 0 bridgehead atoms. The summed E-state index contributed by atoms with van der Waals surface area (Å²) in [6.45, 7) is 2.66. The van der Waals surface area contributed by atoms with Crippen LogP contribution in [0.5, 0.6) is 0 Å². The van der Waals surface area contributed by atoms with Gasteiger partial charge in [0.15, 0.2) is 0 Å². The maximum Gasteiger partial charge on any atom is 0.242 e. The zero-order valence-corrected chi connectivity index (χ0v) is 8.64. The average molecular weight is 211 g/mol. The topological polar surface area (TPSA) is 32.3 Å². The number of carbonyl (C=O) groups is 1. The third-order valence-corrected chi connectivity index (χ3v) is 2.51. The molecule has 14 heavy (non-hydrogen) atoms. The predicted octanol–water partition coefficient (Wildman–Crippen LogP) is 1.89. The monoisotopic (exact) mass is 210 g/mol. The Morgan fingerprint density at radius 1 is 1.50 bits per heavy atom. The summed E-state index contributed by atoms with van der Waals surface area (Å²) in [4.78, 5) is 11.5. The van der Waals surface area contributed by atoms with Gasteiger partial charge in [-0.15, -0.1) is 0 Å². The van der Waals surface area contributed by atoms with Crippen molar-refractivity contribution in [2.45, 2.75) is 13.3 Å². The van der Waals surface area contributed by atoms with Crippen molar-refractivity contribution in [3.63, 3.8) is 0 Å². The maximum atomic E-state index is 11.5. The summed E-state index contributed by atoms with van der Waals surface area (Å²) in [5.41, 5.74) is 4.90. The van der Waals surface area contributed by atoms with E-state index < -0.39 is 0 Å². The number of anilines is 1. The lowest BCUT2D eigenvalue weighted by Crippen LogP contribution is -2.34. The number of rotatable bonds is 1. The van der Waals surface area contributed by atoms with Crippen molar-refractivity contribution in [1.29, 1.82) is 0 Å². The number of amides is 1. The molecule has 1 heterocycles. The second-order valence-corrected chi connectivity index (χ2v) is 3.75. The number of hydrogen-bond acceptors (Lipinski definition) is 2. The van der Waals surface area contributed by atoms with Crippen LogP contribution < -0.4 is 10.4 Å². The van der Waals surface area contributed by atoms with E-state index in [0.29, 0.717) is 18.0 Å². The second-order valence-electron chi connectivity index (χ2n) is 3.32. The van der Waals surface area contributed by atoms with E-state index in [-0.39, 0.29) is 5.91 Å². The van der Waals surface area contributed by atoms with Crippen LogP contribution in [0.25, 0.3) is 0 Å². The van der Waals surface area contributed by atoms with Crippen LogP contribution >= 0.6 is 11.6 Å². The van der Waals surface area contributed by atoms with Crippen molar-refractivity contribution < 1.29 is 4.79 Å². The van der Waals surface area contributed by atoms with Crippen LogP contribution in [0.2, 0.25) is 5.02 Å². The first-order chi connectivity index (χ1) is 6.68. The zero-order valence-electron chi connectivity index (χ0n) is 7.88. The van der Waals surface area contributed by atoms with Gasteiger partial charge in [0.2, 0.25) is 5.91 Å². The molecule has 0 saturated carbocycles. The molecule has 1 N–H and O–H groups in total. The van der Waals surface area contributed by atoms with Gasteiger partial charge in [-0.05, 0) is 24.6 Å². The zero-order chi connectivity index (χ0) is 10.1. The molecule has 4 heteroatoms. The lowest BCUT2D eigenvalue weighted by molar-refractivity contribution is -0.117. The number of benzene rings is 1. The number of aryl methyl sites for hydroxylation is 1. The Labute approximate surface area is 87.6 Å². The minimum atomic E-state index is 0.0929. The third kappa shape index (κ3) is 1.61. The summed E-state index contributed by atoms with van der Waals surface area (Å²) in [5, 5.41) is 2.22. The minimum Gasteiger partial charge on any atom is -0.273 e. The van der Waals surface area contributed by atoms with Crippen LogP contribution in [0.3, 0.4) is 0 Å². The molecule has 0 spiro atoms. The Morgan fingerprint density at radius 2 is 2.29 bits per heavy atom. The molecule has 0 unspecified atom stereocenters. The van der Waals surface area contributed by atoms with Crippen LogP contribution in [0.4, 0.5) is 5.69 Å². The second kappa shape index (κ2) is 3.59. The normalized spacial score (nSPS) is 16.4. The Kier molecular flexibility index (Phi) is 2.44. The molecule has 1 fully saturated rings. The number of halogens is 1. The Bertz CT molecular complexity index is 378. The fraction of sp³-hybridized carbons (Fsp3) is 0.300. The molecule has 1 aliphatic heterocycles. The summed E-state index contributed by atoms with van der Waals surface area (Å²) in [6, 6.07) is 5.53. The van der Waals surface area contributed by atoms with Crippen LogP contribution in [0.1, 0.15) is 12.0 Å². The highest BCUT2D eigenvalue weighted by atomic mass is 35.5. The van der Waals surface area contributed by atoms with Gasteiger partial charge < -0.3 is 0 Å². The van der Waals surface area contributed by atoms with E-state index in [1.165, 1.54) is 0 Å². The fourth-order valence-corrected chi connectivity index (χ4v) is 1.68. The van der Waals surface area contributed by atoms with Crippen molar-refractivity contribution in [3.05, 3.63) is 28.8 Å². The number of nitrogens with zero attached hydrogens (tertiary/aromatic N) is 1. The van der Waals surface area contributed by atoms with Gasteiger partial charge in [0.25, 0.3) is 0 Å². The lowest BCUT2D eigenvalue weighted by atomic mass is 10.2. The highest BCUT2D eigenvalue weighted by Gasteiger charge is 2.22. The Hall–Kier alpha value is -1.06. The molecule has 1 aliphatic rings. The van der Waals surface area contributed by atoms with Crippen molar-refractivity contribution in [2.24, 2.45) is 0 Å². The van der Waals surface area contributed by atoms with E-state index in [1.54, 1.807) is 11.1 Å². The number of carbonyl (C=O) groups excluding carboxylic acids is 1. The average Bonchev–Trinajstić information content (AvgIpc) is 2.56. The van der Waals surface area contributed by atoms with Crippen LogP contribution in [0, 0.1) is 6.92 Å². The quantitative estimate of drug-likeness (QED) is 0.768. The molecule has 1 aromatic carbocycles. The van der Waals surface area contributed by atoms with Crippen molar-refractivity contribution in [2.75, 3.05) is 11.6 Å². The SMILES string of the molecule is Cc1ccc(Cl)cc1N1NCCC1=O. The molecule has 2 rings (SSSR count). The van der Waals surface area contributed by atoms with Gasteiger partial charge in [-0.3, -0.25) is 4.79 Å². The van der Waals surface area contributed by atoms with Crippen molar-refractivity contribution in [1.82, 2.24) is 5.43 Å². The molecular weight excluding hydrogens is 200 g/mol. The van der Waals surface area contributed by atoms with E-state index in [2.05, 4.69) is 5.43 Å². The van der Waals surface area contributed by atoms with Crippen LogP contribution in [-0.4, -0.2) is 12.5 Å². The Balaban J connectivity index is 2.39. The molecule has 74 valence electrons. The molecule has 1 amide bonds. The first-order valence-corrected chi connectivity index (χ1v) is 4.89. The van der Waals surface area contributed by atoms with E-state index in [1.807, 2.05) is 19.1 Å². The van der Waals surface area contributed by atoms with Gasteiger partial charge in [0.1, 0.15) is 0 Å². The van der Waals surface area contributed by atoms with Crippen LogP contribution in [0.15, 0.2) is 18.2 Å². The summed E-state index contributed by atoms with van der Waals surface area (Å²) < 4.78 is 0. The lowest BCUT2D eigenvalue weighted by Gasteiger charge is -2.18. The van der Waals surface area contributed by atoms with Crippen LogP contribution in [-0.2, 0) is 4.79 Å². The summed E-state index contributed by atoms with van der Waals surface area (Å²) in [7, 11) is 0. The first-order valence-electron chi connectivity index (χ1n) is 4.51. The molecule has 3 nitrogen and oxygen atoms in total. The maximum absolute atomic E-state index is 11.5. The molecular formula is C10H11ClN2O. The minimum absolute atomic E-state index is 0.0929. The third-order valence-electron chi connectivity index (χ3n) is 2.27. The summed E-state index contributed by atoms with van der Waals surface area (Å²) in [6.07, 6.45) is 0.548. The van der Waals surface area contributed by atoms with Gasteiger partial charge in [-0.1, -0.05) is 17.7 Å². The largest absolute Gasteiger partial charge is 0.273 e. The van der Waals surface area contributed by atoms with Gasteiger partial charge in [-0.2, -0.15) is 0 Å². The molecule has 0 aromatic heterocycles. The highest BCUT2D eigenvalue weighted by molar-refractivity contribution is 6.31. The number of nitrogens with one attached hydrogen (secondary N) is 1. The van der Waals surface area contributed by atoms with Gasteiger partial charge in [0, 0.05) is 18.0 Å². The molecule has 1 saturated heterocycles. The molecule has 0 atom stereocenters. The first kappa shape index (κ1) is 9.49. The smallest absolute Gasteiger partial charge is 0.242 e. The number of hydrazine groups is 1. The summed E-state index contributed by atoms with van der Waals surface area (Å²) >= 11 is 5.88. The van der Waals surface area contributed by atoms with Gasteiger partial charge in [-0.25, -0.2) is 10.4 Å². The summed E-state index contributed by atoms with van der Waals surface area (Å²) in [5.74, 6) is 0.0929. The molecule has 0 aliphatic carbocycles. The standard InChI is InChI=1S/C10H11ClN2O/c1-7-2-3-8(11)6-9(7)13-10(14)4-5-12-13/h2-3,6,12H,4-5H2,1H3. The van der Waals surface area contributed by atoms with E-state index in [9.17, 15) is 4.79 Å². The van der Waals surface area contributed by atoms with Crippen molar-refractivity contribution in [3.8, 4) is 0 Å². The van der Waals surface area contributed by atoms with Gasteiger partial charge >= 0.3 is 0 Å².